The molecule has 1 atom stereocenters. The molecule has 72 valence electrons. The molecule has 0 bridgehead atoms. The highest BCUT2D eigenvalue weighted by molar-refractivity contribution is 5.81. The summed E-state index contributed by atoms with van der Waals surface area (Å²) in [5, 5.41) is 1.40. The van der Waals surface area contributed by atoms with Crippen molar-refractivity contribution in [1.29, 1.82) is 0 Å². The second-order valence-electron chi connectivity index (χ2n) is 4.44. The summed E-state index contributed by atoms with van der Waals surface area (Å²) in [7, 11) is 0. The number of nitrogens with zero attached hydrogens (tertiary/aromatic N) is 1. The molecule has 14 heavy (non-hydrogen) atoms. The van der Waals surface area contributed by atoms with Gasteiger partial charge in [-0.15, -0.1) is 0 Å². The van der Waals surface area contributed by atoms with Gasteiger partial charge in [-0.25, -0.2) is 0 Å². The molecule has 0 radical (unpaired) electrons. The van der Waals surface area contributed by atoms with Crippen molar-refractivity contribution in [2.75, 3.05) is 0 Å². The molecule has 0 fully saturated rings. The number of benzene rings is 1. The maximum absolute atomic E-state index is 2.48. The number of fused-ring (bicyclic) bond motifs is 3. The van der Waals surface area contributed by atoms with Crippen molar-refractivity contribution in [1.82, 2.24) is 4.57 Å². The molecule has 0 saturated carbocycles. The molecule has 0 aliphatic carbocycles. The highest BCUT2D eigenvalue weighted by Gasteiger charge is 2.16. The highest BCUT2D eigenvalue weighted by atomic mass is 15.0. The average Bonchev–Trinajstić information content (AvgIpc) is 2.54. The molecule has 1 heteroatoms. The molecule has 1 aliphatic rings. The largest absolute Gasteiger partial charge is 0.345 e. The Kier molecular flexibility index (Phi) is 1.66. The second-order valence-corrected chi connectivity index (χ2v) is 4.44. The molecule has 0 unspecified atom stereocenters. The monoisotopic (exact) mass is 185 g/mol. The SMILES string of the molecule is C[C@H]1CCn2c(cc3ccccc32)C1. The van der Waals surface area contributed by atoms with Gasteiger partial charge in [-0.3, -0.25) is 0 Å². The summed E-state index contributed by atoms with van der Waals surface area (Å²) in [5.41, 5.74) is 2.93. The van der Waals surface area contributed by atoms with Crippen molar-refractivity contribution < 1.29 is 0 Å². The lowest BCUT2D eigenvalue weighted by molar-refractivity contribution is 0.423. The molecule has 1 aromatic carbocycles. The topological polar surface area (TPSA) is 4.93 Å². The van der Waals surface area contributed by atoms with E-state index in [0.29, 0.717) is 0 Å². The summed E-state index contributed by atoms with van der Waals surface area (Å²) in [6.45, 7) is 3.55. The first-order valence-electron chi connectivity index (χ1n) is 5.42. The van der Waals surface area contributed by atoms with Crippen LogP contribution in [0.1, 0.15) is 19.0 Å². The van der Waals surface area contributed by atoms with Gasteiger partial charge in [0.05, 0.1) is 0 Å². The second kappa shape index (κ2) is 2.88. The minimum absolute atomic E-state index is 0.854. The number of hydrogen-bond acceptors (Lipinski definition) is 0. The zero-order chi connectivity index (χ0) is 9.54. The Bertz CT molecular complexity index is 467. The van der Waals surface area contributed by atoms with E-state index in [1.165, 1.54) is 36.0 Å². The Labute approximate surface area is 84.4 Å². The molecule has 3 rings (SSSR count). The fraction of sp³-hybridized carbons (Fsp3) is 0.385. The van der Waals surface area contributed by atoms with Crippen LogP contribution in [0.4, 0.5) is 0 Å². The van der Waals surface area contributed by atoms with E-state index in [4.69, 9.17) is 0 Å². The summed E-state index contributed by atoms with van der Waals surface area (Å²) >= 11 is 0. The first-order chi connectivity index (χ1) is 6.84. The summed E-state index contributed by atoms with van der Waals surface area (Å²) in [6.07, 6.45) is 2.57. The van der Waals surface area contributed by atoms with Crippen LogP contribution in [-0.2, 0) is 13.0 Å². The molecule has 2 aromatic rings. The van der Waals surface area contributed by atoms with Gasteiger partial charge < -0.3 is 4.57 Å². The van der Waals surface area contributed by atoms with Gasteiger partial charge in [-0.1, -0.05) is 25.1 Å². The van der Waals surface area contributed by atoms with E-state index in [0.717, 1.165) is 5.92 Å². The van der Waals surface area contributed by atoms with Crippen LogP contribution in [0.25, 0.3) is 10.9 Å². The quantitative estimate of drug-likeness (QED) is 0.594. The van der Waals surface area contributed by atoms with Gasteiger partial charge in [0.2, 0.25) is 0 Å². The molecule has 1 aromatic heterocycles. The van der Waals surface area contributed by atoms with E-state index in [1.54, 1.807) is 0 Å². The number of aryl methyl sites for hydroxylation is 1. The zero-order valence-electron chi connectivity index (χ0n) is 8.53. The fourth-order valence-electron chi connectivity index (χ4n) is 2.51. The van der Waals surface area contributed by atoms with Crippen LogP contribution < -0.4 is 0 Å². The predicted octanol–water partition coefficient (Wildman–Crippen LogP) is 3.22. The van der Waals surface area contributed by atoms with Crippen LogP contribution in [0.5, 0.6) is 0 Å². The maximum atomic E-state index is 2.48. The van der Waals surface area contributed by atoms with E-state index in [1.807, 2.05) is 0 Å². The molecule has 0 spiro atoms. The summed E-state index contributed by atoms with van der Waals surface area (Å²) in [5.74, 6) is 0.854. The Balaban J connectivity index is 2.24. The first-order valence-corrected chi connectivity index (χ1v) is 5.42. The van der Waals surface area contributed by atoms with E-state index in [9.17, 15) is 0 Å². The van der Waals surface area contributed by atoms with E-state index >= 15 is 0 Å². The van der Waals surface area contributed by atoms with Crippen LogP contribution in [0.15, 0.2) is 30.3 Å². The van der Waals surface area contributed by atoms with Crippen molar-refractivity contribution in [3.05, 3.63) is 36.0 Å². The fourth-order valence-corrected chi connectivity index (χ4v) is 2.51. The van der Waals surface area contributed by atoms with Crippen LogP contribution in [-0.4, -0.2) is 4.57 Å². The molecular weight excluding hydrogens is 170 g/mol. The van der Waals surface area contributed by atoms with Gasteiger partial charge in [0.15, 0.2) is 0 Å². The number of para-hydroxylation sites is 1. The van der Waals surface area contributed by atoms with Crippen molar-refractivity contribution in [2.24, 2.45) is 5.92 Å². The predicted molar refractivity (Wildman–Crippen MR) is 59.4 cm³/mol. The van der Waals surface area contributed by atoms with Crippen LogP contribution in [0.3, 0.4) is 0 Å². The number of rotatable bonds is 0. The van der Waals surface area contributed by atoms with Crippen molar-refractivity contribution in [3.8, 4) is 0 Å². The van der Waals surface area contributed by atoms with Gasteiger partial charge in [0.25, 0.3) is 0 Å². The first kappa shape index (κ1) is 8.10. The molecule has 1 aliphatic heterocycles. The lowest BCUT2D eigenvalue weighted by Crippen LogP contribution is -2.16. The van der Waals surface area contributed by atoms with Crippen LogP contribution >= 0.6 is 0 Å². The Morgan fingerprint density at radius 3 is 3.07 bits per heavy atom. The molecule has 0 amide bonds. The summed E-state index contributed by atoms with van der Waals surface area (Å²) in [4.78, 5) is 0. The standard InChI is InChI=1S/C13H15N/c1-10-6-7-14-12(8-10)9-11-4-2-3-5-13(11)14/h2-5,9-10H,6-8H2,1H3/t10-/m0/s1. The third kappa shape index (κ3) is 1.08. The van der Waals surface area contributed by atoms with Crippen LogP contribution in [0.2, 0.25) is 0 Å². The minimum Gasteiger partial charge on any atom is -0.345 e. The van der Waals surface area contributed by atoms with Crippen molar-refractivity contribution in [2.45, 2.75) is 26.3 Å². The van der Waals surface area contributed by atoms with E-state index in [-0.39, 0.29) is 0 Å². The van der Waals surface area contributed by atoms with Gasteiger partial charge in [-0.05, 0) is 36.3 Å². The van der Waals surface area contributed by atoms with Crippen LogP contribution in [0, 0.1) is 5.92 Å². The van der Waals surface area contributed by atoms with Gasteiger partial charge in [-0.2, -0.15) is 0 Å². The van der Waals surface area contributed by atoms with Crippen molar-refractivity contribution in [3.63, 3.8) is 0 Å². The summed E-state index contributed by atoms with van der Waals surface area (Å²) in [6, 6.07) is 11.1. The number of aromatic nitrogens is 1. The van der Waals surface area contributed by atoms with Gasteiger partial charge >= 0.3 is 0 Å². The smallest absolute Gasteiger partial charge is 0.0482 e. The third-order valence-electron chi connectivity index (χ3n) is 3.30. The molecule has 0 N–H and O–H groups in total. The third-order valence-corrected chi connectivity index (χ3v) is 3.30. The highest BCUT2D eigenvalue weighted by Crippen LogP contribution is 2.27. The van der Waals surface area contributed by atoms with Gasteiger partial charge in [0.1, 0.15) is 0 Å². The summed E-state index contributed by atoms with van der Waals surface area (Å²) < 4.78 is 2.48. The minimum atomic E-state index is 0.854. The molecular formula is C13H15N. The number of hydrogen-bond donors (Lipinski definition) is 0. The van der Waals surface area contributed by atoms with Crippen molar-refractivity contribution >= 4 is 10.9 Å². The van der Waals surface area contributed by atoms with E-state index < -0.39 is 0 Å². The molecule has 2 heterocycles. The maximum Gasteiger partial charge on any atom is 0.0482 e. The zero-order valence-corrected chi connectivity index (χ0v) is 8.53. The molecule has 1 nitrogen and oxygen atoms in total. The Morgan fingerprint density at radius 1 is 1.29 bits per heavy atom. The Hall–Kier alpha value is -1.24. The van der Waals surface area contributed by atoms with Gasteiger partial charge in [0, 0.05) is 17.8 Å². The van der Waals surface area contributed by atoms with E-state index in [2.05, 4.69) is 41.8 Å². The lowest BCUT2D eigenvalue weighted by atomic mass is 9.98. The average molecular weight is 185 g/mol. The molecule has 0 saturated heterocycles. The Morgan fingerprint density at radius 2 is 2.14 bits per heavy atom. The normalized spacial score (nSPS) is 21.1. The lowest BCUT2D eigenvalue weighted by Gasteiger charge is -2.21.